The third-order valence-corrected chi connectivity index (χ3v) is 5.43. The number of anilines is 1. The van der Waals surface area contributed by atoms with Crippen molar-refractivity contribution in [2.75, 3.05) is 18.9 Å². The first-order valence-corrected chi connectivity index (χ1v) is 10.6. The van der Waals surface area contributed by atoms with Crippen LogP contribution in [0.15, 0.2) is 77.8 Å². The second kappa shape index (κ2) is 9.23. The fourth-order valence-corrected chi connectivity index (χ4v) is 4.00. The van der Waals surface area contributed by atoms with Gasteiger partial charge in [-0.05, 0) is 61.0 Å². The van der Waals surface area contributed by atoms with Crippen molar-refractivity contribution in [1.29, 1.82) is 0 Å². The third kappa shape index (κ3) is 4.72. The first kappa shape index (κ1) is 20.9. The molecule has 31 heavy (non-hydrogen) atoms. The molecule has 3 aromatic carbocycles. The number of aliphatic imine (C=N–C) groups is 1. The number of nitrogens with one attached hydrogen (secondary N) is 1. The molecule has 5 heteroatoms. The molecule has 0 bridgehead atoms. The molecule has 0 fully saturated rings. The average Bonchev–Trinajstić information content (AvgIpc) is 3.08. The summed E-state index contributed by atoms with van der Waals surface area (Å²) in [6.45, 7) is 4.10. The lowest BCUT2D eigenvalue weighted by molar-refractivity contribution is -0.115. The van der Waals surface area contributed by atoms with E-state index in [1.807, 2.05) is 42.5 Å². The van der Waals surface area contributed by atoms with Gasteiger partial charge < -0.3 is 10.2 Å². The number of carbonyl (C=O) groups is 1. The normalized spacial score (nSPS) is 15.8. The molecule has 1 aliphatic heterocycles. The SMILES string of the molecule is CCCN(C)Cc1ccc(N=C(c2ccccc2)C2C(=O)Nc3cc(F)ccc32)cc1. The maximum atomic E-state index is 13.7. The minimum atomic E-state index is -0.589. The molecule has 1 N–H and O–H groups in total. The van der Waals surface area contributed by atoms with Gasteiger partial charge in [-0.3, -0.25) is 9.79 Å². The summed E-state index contributed by atoms with van der Waals surface area (Å²) in [5, 5.41) is 2.80. The predicted molar refractivity (Wildman–Crippen MR) is 123 cm³/mol. The Morgan fingerprint density at radius 3 is 2.52 bits per heavy atom. The van der Waals surface area contributed by atoms with Crippen LogP contribution in [-0.4, -0.2) is 30.1 Å². The van der Waals surface area contributed by atoms with Gasteiger partial charge in [-0.2, -0.15) is 0 Å². The topological polar surface area (TPSA) is 44.7 Å². The zero-order chi connectivity index (χ0) is 21.8. The highest BCUT2D eigenvalue weighted by molar-refractivity contribution is 6.24. The van der Waals surface area contributed by atoms with Crippen LogP contribution in [0.1, 0.15) is 36.0 Å². The standard InChI is InChI=1S/C26H26FN3O/c1-3-15-30(2)17-18-9-12-21(13-10-18)28-25(19-7-5-4-6-8-19)24-22-14-11-20(27)16-23(22)29-26(24)31/h4-14,16,24H,3,15,17H2,1-2H3,(H,29,31). The summed E-state index contributed by atoms with van der Waals surface area (Å²) in [6.07, 6.45) is 1.12. The maximum absolute atomic E-state index is 13.7. The smallest absolute Gasteiger partial charge is 0.238 e. The lowest BCUT2D eigenvalue weighted by atomic mass is 9.90. The highest BCUT2D eigenvalue weighted by atomic mass is 19.1. The largest absolute Gasteiger partial charge is 0.325 e. The van der Waals surface area contributed by atoms with Gasteiger partial charge in [-0.1, -0.05) is 55.5 Å². The zero-order valence-corrected chi connectivity index (χ0v) is 17.8. The number of hydrogen-bond acceptors (Lipinski definition) is 3. The van der Waals surface area contributed by atoms with E-state index in [1.165, 1.54) is 17.7 Å². The summed E-state index contributed by atoms with van der Waals surface area (Å²) < 4.78 is 13.7. The van der Waals surface area contributed by atoms with E-state index in [2.05, 4.69) is 36.3 Å². The van der Waals surface area contributed by atoms with Crippen LogP contribution in [-0.2, 0) is 11.3 Å². The summed E-state index contributed by atoms with van der Waals surface area (Å²) in [5.74, 6) is -1.16. The molecule has 3 aromatic rings. The van der Waals surface area contributed by atoms with E-state index in [-0.39, 0.29) is 11.7 Å². The Morgan fingerprint density at radius 2 is 1.81 bits per heavy atom. The van der Waals surface area contributed by atoms with E-state index in [1.54, 1.807) is 6.07 Å². The quantitative estimate of drug-likeness (QED) is 0.516. The lowest BCUT2D eigenvalue weighted by Gasteiger charge is -2.16. The monoisotopic (exact) mass is 415 g/mol. The molecular weight excluding hydrogens is 389 g/mol. The molecule has 1 heterocycles. The number of halogens is 1. The van der Waals surface area contributed by atoms with Crippen LogP contribution in [0.4, 0.5) is 15.8 Å². The number of hydrogen-bond donors (Lipinski definition) is 1. The Balaban J connectivity index is 1.70. The number of amides is 1. The third-order valence-electron chi connectivity index (χ3n) is 5.43. The van der Waals surface area contributed by atoms with Gasteiger partial charge in [0.15, 0.2) is 0 Å². The minimum Gasteiger partial charge on any atom is -0.325 e. The molecule has 0 aromatic heterocycles. The van der Waals surface area contributed by atoms with Crippen molar-refractivity contribution in [3.05, 3.63) is 95.3 Å². The van der Waals surface area contributed by atoms with Crippen molar-refractivity contribution in [3.63, 3.8) is 0 Å². The Labute approximate surface area is 182 Å². The first-order chi connectivity index (χ1) is 15.0. The van der Waals surface area contributed by atoms with Crippen LogP contribution in [0, 0.1) is 5.82 Å². The van der Waals surface area contributed by atoms with Gasteiger partial charge in [0.05, 0.1) is 11.4 Å². The summed E-state index contributed by atoms with van der Waals surface area (Å²) in [4.78, 5) is 20.0. The van der Waals surface area contributed by atoms with Crippen LogP contribution in [0.5, 0.6) is 0 Å². The molecule has 4 rings (SSSR count). The van der Waals surface area contributed by atoms with Gasteiger partial charge in [0.2, 0.25) is 5.91 Å². The molecule has 0 radical (unpaired) electrons. The molecule has 1 unspecified atom stereocenters. The van der Waals surface area contributed by atoms with Gasteiger partial charge in [0.1, 0.15) is 11.7 Å². The Morgan fingerprint density at radius 1 is 1.06 bits per heavy atom. The van der Waals surface area contributed by atoms with Gasteiger partial charge >= 0.3 is 0 Å². The Kier molecular flexibility index (Phi) is 6.23. The molecule has 158 valence electrons. The number of benzene rings is 3. The van der Waals surface area contributed by atoms with E-state index in [0.29, 0.717) is 11.4 Å². The summed E-state index contributed by atoms with van der Waals surface area (Å²) in [6, 6.07) is 22.2. The van der Waals surface area contributed by atoms with Gasteiger partial charge in [0, 0.05) is 12.2 Å². The average molecular weight is 416 g/mol. The van der Waals surface area contributed by atoms with Crippen LogP contribution in [0.3, 0.4) is 0 Å². The first-order valence-electron chi connectivity index (χ1n) is 10.6. The lowest BCUT2D eigenvalue weighted by Crippen LogP contribution is -2.22. The number of carbonyl (C=O) groups excluding carboxylic acids is 1. The Hall–Kier alpha value is -3.31. The fourth-order valence-electron chi connectivity index (χ4n) is 4.00. The Bertz CT molecular complexity index is 1090. The summed E-state index contributed by atoms with van der Waals surface area (Å²) in [5.41, 5.74) is 4.77. The molecule has 1 amide bonds. The van der Waals surface area contributed by atoms with Gasteiger partial charge in [-0.15, -0.1) is 0 Å². The van der Waals surface area contributed by atoms with Gasteiger partial charge in [0.25, 0.3) is 0 Å². The molecule has 1 aliphatic rings. The molecule has 4 nitrogen and oxygen atoms in total. The number of fused-ring (bicyclic) bond motifs is 1. The highest BCUT2D eigenvalue weighted by Crippen LogP contribution is 2.36. The summed E-state index contributed by atoms with van der Waals surface area (Å²) >= 11 is 0. The number of rotatable bonds is 7. The molecule has 0 aliphatic carbocycles. The second-order valence-corrected chi connectivity index (χ2v) is 7.92. The molecule has 0 spiro atoms. The van der Waals surface area contributed by atoms with E-state index < -0.39 is 5.92 Å². The van der Waals surface area contributed by atoms with Crippen LogP contribution in [0.25, 0.3) is 0 Å². The molecule has 0 saturated heterocycles. The van der Waals surface area contributed by atoms with Crippen molar-refractivity contribution in [2.24, 2.45) is 4.99 Å². The summed E-state index contributed by atoms with van der Waals surface area (Å²) in [7, 11) is 2.11. The van der Waals surface area contributed by atoms with Crippen LogP contribution < -0.4 is 5.32 Å². The predicted octanol–water partition coefficient (Wildman–Crippen LogP) is 5.52. The molecule has 0 saturated carbocycles. The van der Waals surface area contributed by atoms with Crippen molar-refractivity contribution < 1.29 is 9.18 Å². The highest BCUT2D eigenvalue weighted by Gasteiger charge is 2.35. The van der Waals surface area contributed by atoms with E-state index in [0.717, 1.165) is 36.3 Å². The van der Waals surface area contributed by atoms with Crippen molar-refractivity contribution in [1.82, 2.24) is 4.90 Å². The fraction of sp³-hybridized carbons (Fsp3) is 0.231. The number of nitrogens with zero attached hydrogens (tertiary/aromatic N) is 2. The van der Waals surface area contributed by atoms with Crippen molar-refractivity contribution >= 4 is 23.0 Å². The van der Waals surface area contributed by atoms with Crippen LogP contribution in [0.2, 0.25) is 0 Å². The zero-order valence-electron chi connectivity index (χ0n) is 17.8. The van der Waals surface area contributed by atoms with E-state index >= 15 is 0 Å². The minimum absolute atomic E-state index is 0.194. The molecule has 1 atom stereocenters. The van der Waals surface area contributed by atoms with E-state index in [4.69, 9.17) is 4.99 Å². The maximum Gasteiger partial charge on any atom is 0.238 e. The second-order valence-electron chi connectivity index (χ2n) is 7.92. The van der Waals surface area contributed by atoms with Crippen molar-refractivity contribution in [3.8, 4) is 0 Å². The van der Waals surface area contributed by atoms with E-state index in [9.17, 15) is 9.18 Å². The van der Waals surface area contributed by atoms with Crippen molar-refractivity contribution in [2.45, 2.75) is 25.8 Å². The molecular formula is C26H26FN3O. The van der Waals surface area contributed by atoms with Gasteiger partial charge in [-0.25, -0.2) is 4.39 Å². The van der Waals surface area contributed by atoms with Crippen LogP contribution >= 0.6 is 0 Å².